The average molecular weight is 891 g/mol. The largest absolute Gasteiger partial charge is 0.453 e. The first-order chi connectivity index (χ1) is 31.0. The molecule has 338 valence electrons. The SMILES string of the molecule is CC[C@H](C)[C@@H](C(=O)N[C@@H](Cc1ccccc1)[C@@H](O)CN(Cc1ccc(-c2ccccn2)cc1)NC(=O)[C@H](Cc1ccccc1)NC(=O)OC)N1CCN(Cc2csc(COC)n2)C1=O. The van der Waals surface area contributed by atoms with Crippen molar-refractivity contribution in [1.29, 1.82) is 0 Å². The van der Waals surface area contributed by atoms with Gasteiger partial charge in [0.25, 0.3) is 5.91 Å². The number of hydrogen-bond donors (Lipinski definition) is 4. The molecule has 0 unspecified atom stereocenters. The zero-order valence-electron chi connectivity index (χ0n) is 36.8. The van der Waals surface area contributed by atoms with Gasteiger partial charge in [0.05, 0.1) is 43.8 Å². The molecule has 16 heteroatoms. The number of carbonyl (C=O) groups is 4. The van der Waals surface area contributed by atoms with Gasteiger partial charge in [0.1, 0.15) is 17.1 Å². The van der Waals surface area contributed by atoms with Crippen LogP contribution in [-0.4, -0.2) is 112 Å². The molecular formula is C48H58N8O7S. The summed E-state index contributed by atoms with van der Waals surface area (Å²) >= 11 is 1.47. The number of nitrogens with one attached hydrogen (secondary N) is 3. The number of methoxy groups -OCH3 is 2. The van der Waals surface area contributed by atoms with Gasteiger partial charge in [0.15, 0.2) is 0 Å². The maximum atomic E-state index is 14.6. The lowest BCUT2D eigenvalue weighted by Gasteiger charge is -2.35. The molecular weight excluding hydrogens is 833 g/mol. The molecule has 3 aromatic carbocycles. The molecule has 0 aliphatic carbocycles. The number of pyridine rings is 1. The summed E-state index contributed by atoms with van der Waals surface area (Å²) < 4.78 is 10.1. The Morgan fingerprint density at radius 3 is 2.19 bits per heavy atom. The lowest BCUT2D eigenvalue weighted by atomic mass is 9.95. The second-order valence-electron chi connectivity index (χ2n) is 15.9. The van der Waals surface area contributed by atoms with E-state index in [2.05, 4.69) is 26.0 Å². The average Bonchev–Trinajstić information content (AvgIpc) is 3.91. The van der Waals surface area contributed by atoms with Crippen molar-refractivity contribution in [1.82, 2.24) is 40.8 Å². The van der Waals surface area contributed by atoms with Crippen LogP contribution in [-0.2, 0) is 51.6 Å². The maximum absolute atomic E-state index is 14.6. The number of benzene rings is 3. The van der Waals surface area contributed by atoms with Gasteiger partial charge in [0.2, 0.25) is 5.91 Å². The summed E-state index contributed by atoms with van der Waals surface area (Å²) in [5, 5.41) is 22.4. The molecule has 1 aliphatic rings. The lowest BCUT2D eigenvalue weighted by molar-refractivity contribution is -0.131. The molecule has 0 saturated carbocycles. The fraction of sp³-hybridized carbons (Fsp3) is 0.375. The third-order valence-corrected chi connectivity index (χ3v) is 12.1. The van der Waals surface area contributed by atoms with Crippen LogP contribution in [0.25, 0.3) is 11.3 Å². The summed E-state index contributed by atoms with van der Waals surface area (Å²) in [6.45, 7) is 5.46. The van der Waals surface area contributed by atoms with E-state index in [1.54, 1.807) is 28.1 Å². The van der Waals surface area contributed by atoms with Crippen LogP contribution in [0, 0.1) is 5.92 Å². The number of hydrazine groups is 1. The van der Waals surface area contributed by atoms with Gasteiger partial charge in [-0.25, -0.2) is 19.6 Å². The minimum Gasteiger partial charge on any atom is -0.453 e. The van der Waals surface area contributed by atoms with E-state index >= 15 is 0 Å². The number of aliphatic hydroxyl groups is 1. The smallest absolute Gasteiger partial charge is 0.407 e. The third kappa shape index (κ3) is 13.2. The van der Waals surface area contributed by atoms with E-state index in [0.29, 0.717) is 32.7 Å². The van der Waals surface area contributed by atoms with Gasteiger partial charge < -0.3 is 35.0 Å². The van der Waals surface area contributed by atoms with Gasteiger partial charge in [0, 0.05) is 56.9 Å². The summed E-state index contributed by atoms with van der Waals surface area (Å²) in [6.07, 6.45) is 0.790. The number of ether oxygens (including phenoxy) is 2. The Morgan fingerprint density at radius 2 is 1.55 bits per heavy atom. The Kier molecular flexibility index (Phi) is 17.3. The number of urea groups is 1. The summed E-state index contributed by atoms with van der Waals surface area (Å²) in [4.78, 5) is 67.7. The van der Waals surface area contributed by atoms with Crippen LogP contribution < -0.4 is 16.1 Å². The predicted molar refractivity (Wildman–Crippen MR) is 244 cm³/mol. The summed E-state index contributed by atoms with van der Waals surface area (Å²) in [7, 11) is 2.84. The highest BCUT2D eigenvalue weighted by Gasteiger charge is 2.41. The molecule has 64 heavy (non-hydrogen) atoms. The summed E-state index contributed by atoms with van der Waals surface area (Å²) in [6, 6.07) is 29.3. The fourth-order valence-electron chi connectivity index (χ4n) is 7.69. The third-order valence-electron chi connectivity index (χ3n) is 11.3. The van der Waals surface area contributed by atoms with Gasteiger partial charge in [-0.05, 0) is 41.2 Å². The van der Waals surface area contributed by atoms with Crippen LogP contribution in [0.1, 0.15) is 47.7 Å². The van der Waals surface area contributed by atoms with Crippen LogP contribution in [0.2, 0.25) is 0 Å². The second kappa shape index (κ2) is 23.5. The molecule has 2 aromatic heterocycles. The number of alkyl carbamates (subject to hydrolysis) is 1. The Balaban J connectivity index is 1.25. The van der Waals surface area contributed by atoms with Gasteiger partial charge in [-0.2, -0.15) is 0 Å². The number of amides is 5. The number of aromatic nitrogens is 2. The first-order valence-electron chi connectivity index (χ1n) is 21.5. The molecule has 5 aromatic rings. The summed E-state index contributed by atoms with van der Waals surface area (Å²) in [5.74, 6) is -1.12. The van der Waals surface area contributed by atoms with Crippen molar-refractivity contribution >= 4 is 35.3 Å². The Labute approximate surface area is 378 Å². The minimum absolute atomic E-state index is 0.120. The molecule has 1 saturated heterocycles. The van der Waals surface area contributed by atoms with Crippen molar-refractivity contribution in [3.05, 3.63) is 142 Å². The predicted octanol–water partition coefficient (Wildman–Crippen LogP) is 5.59. The van der Waals surface area contributed by atoms with Crippen molar-refractivity contribution in [2.24, 2.45) is 5.92 Å². The number of rotatable bonds is 22. The van der Waals surface area contributed by atoms with E-state index in [4.69, 9.17) is 9.47 Å². The number of carbonyl (C=O) groups excluding carboxylic acids is 4. The van der Waals surface area contributed by atoms with Gasteiger partial charge in [-0.3, -0.25) is 20.0 Å². The van der Waals surface area contributed by atoms with E-state index < -0.39 is 36.2 Å². The topological polar surface area (TPSA) is 179 Å². The van der Waals surface area contributed by atoms with E-state index in [0.717, 1.165) is 38.6 Å². The first-order valence-corrected chi connectivity index (χ1v) is 22.4. The molecule has 4 N–H and O–H groups in total. The fourth-order valence-corrected chi connectivity index (χ4v) is 8.45. The number of thiazole rings is 1. The zero-order valence-corrected chi connectivity index (χ0v) is 37.6. The normalized spacial score (nSPS) is 15.0. The highest BCUT2D eigenvalue weighted by molar-refractivity contribution is 7.09. The van der Waals surface area contributed by atoms with Crippen molar-refractivity contribution < 1.29 is 33.8 Å². The van der Waals surface area contributed by atoms with Gasteiger partial charge in [-0.1, -0.05) is 111 Å². The Bertz CT molecular complexity index is 2250. The van der Waals surface area contributed by atoms with Crippen LogP contribution in [0.15, 0.2) is 115 Å². The number of nitrogens with zero attached hydrogens (tertiary/aromatic N) is 5. The molecule has 5 amide bonds. The number of hydrogen-bond acceptors (Lipinski definition) is 11. The zero-order chi connectivity index (χ0) is 45.4. The van der Waals surface area contributed by atoms with Crippen LogP contribution >= 0.6 is 11.3 Å². The van der Waals surface area contributed by atoms with E-state index in [1.807, 2.05) is 122 Å². The Morgan fingerprint density at radius 1 is 0.859 bits per heavy atom. The molecule has 15 nitrogen and oxygen atoms in total. The monoisotopic (exact) mass is 890 g/mol. The second-order valence-corrected chi connectivity index (χ2v) is 16.9. The molecule has 0 radical (unpaired) electrons. The quantitative estimate of drug-likeness (QED) is 0.0641. The van der Waals surface area contributed by atoms with Crippen LogP contribution in [0.3, 0.4) is 0 Å². The molecule has 0 spiro atoms. The van der Waals surface area contributed by atoms with Crippen molar-refractivity contribution in [2.75, 3.05) is 33.9 Å². The molecule has 3 heterocycles. The van der Waals surface area contributed by atoms with Crippen molar-refractivity contribution in [3.63, 3.8) is 0 Å². The molecule has 1 aliphatic heterocycles. The van der Waals surface area contributed by atoms with E-state index in [1.165, 1.54) is 18.4 Å². The molecule has 5 atom stereocenters. The van der Waals surface area contributed by atoms with Gasteiger partial charge >= 0.3 is 12.1 Å². The molecule has 6 rings (SSSR count). The maximum Gasteiger partial charge on any atom is 0.407 e. The van der Waals surface area contributed by atoms with Crippen molar-refractivity contribution in [2.45, 2.75) is 77.0 Å². The first kappa shape index (κ1) is 47.3. The van der Waals surface area contributed by atoms with E-state index in [-0.39, 0.29) is 43.8 Å². The van der Waals surface area contributed by atoms with Crippen molar-refractivity contribution in [3.8, 4) is 11.3 Å². The minimum atomic E-state index is -1.23. The lowest BCUT2D eigenvalue weighted by Crippen LogP contribution is -2.59. The standard InChI is InChI=1S/C48H58N8O7S/c1-5-33(2)44(56-25-24-54(48(56)61)29-38-32-64-43(50-38)31-62-3)46(59)51-40(26-34-14-8-6-9-15-34)42(57)30-55(28-36-19-21-37(22-20-36)39-18-12-13-23-49-39)53-45(58)41(52-47(60)63-4)27-35-16-10-7-11-17-35/h6-23,32-33,40-42,44,57H,5,24-31H2,1-4H3,(H,51,59)(H,52,60)(H,53,58)/t33-,40-,41-,42-,44-/m0/s1. The van der Waals surface area contributed by atoms with Crippen LogP contribution in [0.4, 0.5) is 9.59 Å². The highest BCUT2D eigenvalue weighted by Crippen LogP contribution is 2.24. The van der Waals surface area contributed by atoms with E-state index in [9.17, 15) is 24.3 Å². The highest BCUT2D eigenvalue weighted by atomic mass is 32.1. The van der Waals surface area contributed by atoms with Crippen LogP contribution in [0.5, 0.6) is 0 Å². The summed E-state index contributed by atoms with van der Waals surface area (Å²) in [5.41, 5.74) is 7.95. The Hall–Kier alpha value is -6.20. The molecule has 1 fully saturated rings. The number of aliphatic hydroxyl groups excluding tert-OH is 1. The van der Waals surface area contributed by atoms with Gasteiger partial charge in [-0.15, -0.1) is 11.3 Å². The molecule has 0 bridgehead atoms.